The van der Waals surface area contributed by atoms with Crippen LogP contribution in [0.4, 0.5) is 4.79 Å². The van der Waals surface area contributed by atoms with Crippen LogP contribution in [0.2, 0.25) is 0 Å². The Morgan fingerprint density at radius 2 is 2.06 bits per heavy atom. The van der Waals surface area contributed by atoms with E-state index >= 15 is 0 Å². The molecule has 0 aliphatic heterocycles. The number of hydrogen-bond donors (Lipinski definition) is 1. The number of nitrogens with one attached hydrogen (secondary N) is 1. The van der Waals surface area contributed by atoms with Crippen molar-refractivity contribution < 1.29 is 9.53 Å². The summed E-state index contributed by atoms with van der Waals surface area (Å²) in [5.74, 6) is 0.591. The molecule has 1 aliphatic rings. The summed E-state index contributed by atoms with van der Waals surface area (Å²) < 4.78 is 5.37. The lowest BCUT2D eigenvalue weighted by molar-refractivity contribution is 0.0258. The molecule has 0 spiro atoms. The minimum atomic E-state index is -0.411. The summed E-state index contributed by atoms with van der Waals surface area (Å²) in [5.41, 5.74) is -0.411. The standard InChI is InChI=1S/C14H28N2O2/c1-14(2,3)18-13(17)16(5)10-11-7-6-8-12(9-11)15-4/h11-12,15H,6-10H2,1-5H3. The van der Waals surface area contributed by atoms with Crippen LogP contribution in [0, 0.1) is 5.92 Å². The number of nitrogens with zero attached hydrogens (tertiary/aromatic N) is 1. The zero-order valence-corrected chi connectivity index (χ0v) is 12.5. The Morgan fingerprint density at radius 3 is 2.61 bits per heavy atom. The second-order valence-corrected chi connectivity index (χ2v) is 6.38. The molecule has 0 radical (unpaired) electrons. The molecule has 0 aromatic rings. The van der Waals surface area contributed by atoms with Gasteiger partial charge in [-0.1, -0.05) is 6.42 Å². The molecular weight excluding hydrogens is 228 g/mol. The second-order valence-electron chi connectivity index (χ2n) is 6.38. The molecule has 2 atom stereocenters. The van der Waals surface area contributed by atoms with Gasteiger partial charge in [-0.25, -0.2) is 4.79 Å². The molecule has 0 aromatic heterocycles. The normalized spacial score (nSPS) is 24.7. The largest absolute Gasteiger partial charge is 0.444 e. The van der Waals surface area contributed by atoms with E-state index in [2.05, 4.69) is 5.32 Å². The monoisotopic (exact) mass is 256 g/mol. The SMILES string of the molecule is CNC1CCCC(CN(C)C(=O)OC(C)(C)C)C1. The van der Waals surface area contributed by atoms with E-state index in [-0.39, 0.29) is 6.09 Å². The van der Waals surface area contributed by atoms with Crippen molar-refractivity contribution in [3.05, 3.63) is 0 Å². The maximum absolute atomic E-state index is 11.9. The predicted octanol–water partition coefficient (Wildman–Crippen LogP) is 2.63. The van der Waals surface area contributed by atoms with E-state index in [4.69, 9.17) is 4.74 Å². The van der Waals surface area contributed by atoms with Crippen molar-refractivity contribution in [3.8, 4) is 0 Å². The van der Waals surface area contributed by atoms with Crippen molar-refractivity contribution in [2.24, 2.45) is 5.92 Å². The van der Waals surface area contributed by atoms with Crippen LogP contribution in [-0.4, -0.2) is 43.3 Å². The molecular formula is C14H28N2O2. The van der Waals surface area contributed by atoms with E-state index in [1.54, 1.807) is 4.90 Å². The van der Waals surface area contributed by atoms with Crippen molar-refractivity contribution in [2.45, 2.75) is 58.1 Å². The fourth-order valence-electron chi connectivity index (χ4n) is 2.52. The average molecular weight is 256 g/mol. The van der Waals surface area contributed by atoms with Gasteiger partial charge in [-0.3, -0.25) is 0 Å². The summed E-state index contributed by atoms with van der Waals surface area (Å²) in [6, 6.07) is 0.607. The van der Waals surface area contributed by atoms with Gasteiger partial charge < -0.3 is 15.0 Å². The molecule has 0 bridgehead atoms. The molecule has 4 nitrogen and oxygen atoms in total. The van der Waals surface area contributed by atoms with E-state index in [9.17, 15) is 4.79 Å². The smallest absolute Gasteiger partial charge is 0.410 e. The molecule has 1 N–H and O–H groups in total. The molecule has 0 heterocycles. The van der Waals surface area contributed by atoms with Crippen LogP contribution < -0.4 is 5.32 Å². The molecule has 1 fully saturated rings. The minimum Gasteiger partial charge on any atom is -0.444 e. The van der Waals surface area contributed by atoms with Gasteiger partial charge in [0.2, 0.25) is 0 Å². The summed E-state index contributed by atoms with van der Waals surface area (Å²) in [7, 11) is 3.85. The maximum Gasteiger partial charge on any atom is 0.410 e. The molecule has 18 heavy (non-hydrogen) atoms. The van der Waals surface area contributed by atoms with Gasteiger partial charge in [-0.05, 0) is 53.0 Å². The Balaban J connectivity index is 2.39. The highest BCUT2D eigenvalue weighted by atomic mass is 16.6. The number of carbonyl (C=O) groups is 1. The highest BCUT2D eigenvalue weighted by Crippen LogP contribution is 2.25. The quantitative estimate of drug-likeness (QED) is 0.844. The van der Waals surface area contributed by atoms with Crippen molar-refractivity contribution in [2.75, 3.05) is 20.6 Å². The van der Waals surface area contributed by atoms with Gasteiger partial charge in [-0.15, -0.1) is 0 Å². The lowest BCUT2D eigenvalue weighted by atomic mass is 9.85. The first-order valence-corrected chi connectivity index (χ1v) is 6.93. The van der Waals surface area contributed by atoms with Crippen molar-refractivity contribution >= 4 is 6.09 Å². The van der Waals surface area contributed by atoms with Gasteiger partial charge in [-0.2, -0.15) is 0 Å². The molecule has 1 aliphatic carbocycles. The van der Waals surface area contributed by atoms with E-state index in [0.29, 0.717) is 12.0 Å². The van der Waals surface area contributed by atoms with Gasteiger partial charge in [0.1, 0.15) is 5.60 Å². The highest BCUT2D eigenvalue weighted by molar-refractivity contribution is 5.67. The fraction of sp³-hybridized carbons (Fsp3) is 0.929. The lowest BCUT2D eigenvalue weighted by Gasteiger charge is -2.32. The fourth-order valence-corrected chi connectivity index (χ4v) is 2.52. The molecule has 2 unspecified atom stereocenters. The third-order valence-corrected chi connectivity index (χ3v) is 3.43. The van der Waals surface area contributed by atoms with Gasteiger partial charge in [0.25, 0.3) is 0 Å². The molecule has 1 amide bonds. The number of ether oxygens (including phenoxy) is 1. The molecule has 0 saturated heterocycles. The summed E-state index contributed by atoms with van der Waals surface area (Å²) in [4.78, 5) is 13.6. The van der Waals surface area contributed by atoms with E-state index in [1.165, 1.54) is 19.3 Å². The van der Waals surface area contributed by atoms with Crippen molar-refractivity contribution in [1.29, 1.82) is 0 Å². The van der Waals surface area contributed by atoms with Gasteiger partial charge >= 0.3 is 6.09 Å². The molecule has 0 aromatic carbocycles. The number of carbonyl (C=O) groups excluding carboxylic acids is 1. The third-order valence-electron chi connectivity index (χ3n) is 3.43. The molecule has 4 heteroatoms. The third kappa shape index (κ3) is 5.25. The summed E-state index contributed by atoms with van der Waals surface area (Å²) >= 11 is 0. The zero-order chi connectivity index (χ0) is 13.8. The average Bonchev–Trinajstić information content (AvgIpc) is 2.27. The number of amides is 1. The highest BCUT2D eigenvalue weighted by Gasteiger charge is 2.25. The number of rotatable bonds is 3. The van der Waals surface area contributed by atoms with Crippen LogP contribution in [0.1, 0.15) is 46.5 Å². The Hall–Kier alpha value is -0.770. The maximum atomic E-state index is 11.9. The molecule has 1 rings (SSSR count). The van der Waals surface area contributed by atoms with Crippen LogP contribution in [0.25, 0.3) is 0 Å². The van der Waals surface area contributed by atoms with Crippen LogP contribution in [0.15, 0.2) is 0 Å². The van der Waals surface area contributed by atoms with E-state index in [0.717, 1.165) is 13.0 Å². The topological polar surface area (TPSA) is 41.6 Å². The van der Waals surface area contributed by atoms with Crippen molar-refractivity contribution in [3.63, 3.8) is 0 Å². The van der Waals surface area contributed by atoms with Crippen LogP contribution in [-0.2, 0) is 4.74 Å². The van der Waals surface area contributed by atoms with Crippen LogP contribution in [0.5, 0.6) is 0 Å². The summed E-state index contributed by atoms with van der Waals surface area (Å²) in [5, 5.41) is 3.34. The van der Waals surface area contributed by atoms with Gasteiger partial charge in [0.15, 0.2) is 0 Å². The van der Waals surface area contributed by atoms with E-state index in [1.807, 2.05) is 34.9 Å². The summed E-state index contributed by atoms with van der Waals surface area (Å²) in [6.45, 7) is 6.50. The van der Waals surface area contributed by atoms with Gasteiger partial charge in [0, 0.05) is 19.6 Å². The molecule has 1 saturated carbocycles. The summed E-state index contributed by atoms with van der Waals surface area (Å²) in [6.07, 6.45) is 4.66. The van der Waals surface area contributed by atoms with Crippen LogP contribution >= 0.6 is 0 Å². The van der Waals surface area contributed by atoms with E-state index < -0.39 is 5.60 Å². The first-order chi connectivity index (χ1) is 8.31. The van der Waals surface area contributed by atoms with Crippen molar-refractivity contribution in [1.82, 2.24) is 10.2 Å². The lowest BCUT2D eigenvalue weighted by Crippen LogP contribution is -2.40. The Morgan fingerprint density at radius 1 is 1.39 bits per heavy atom. The Bertz CT molecular complexity index is 273. The first kappa shape index (κ1) is 15.3. The Labute approximate surface area is 111 Å². The van der Waals surface area contributed by atoms with Crippen LogP contribution in [0.3, 0.4) is 0 Å². The number of hydrogen-bond acceptors (Lipinski definition) is 3. The minimum absolute atomic E-state index is 0.214. The molecule has 106 valence electrons. The Kier molecular flexibility index (Phi) is 5.45. The second kappa shape index (κ2) is 6.41. The predicted molar refractivity (Wildman–Crippen MR) is 73.7 cm³/mol. The zero-order valence-electron chi connectivity index (χ0n) is 12.5. The van der Waals surface area contributed by atoms with Gasteiger partial charge in [0.05, 0.1) is 0 Å². The first-order valence-electron chi connectivity index (χ1n) is 6.93.